The summed E-state index contributed by atoms with van der Waals surface area (Å²) < 4.78 is 68.3. The van der Waals surface area contributed by atoms with Crippen LogP contribution in [-0.4, -0.2) is 96.7 Å². The standard InChI is InChI=1S/C72H140O17P2/c1-62(2)48-40-32-24-18-13-10-9-11-15-21-28-38-46-54-71(76)88-67(58-82-69(74)52-44-36-27-23-17-20-26-34-42-50-64(5)6)60-86-90(78,79)84-56-66(73)57-85-91(80,81)87-61-68(59-83-70(75)53-45-37-31-30-35-43-51-65(7)8)89-72(77)55-47-39-29-22-16-12-14-19-25-33-41-49-63(3)4/h62-68,73H,9-61H2,1-8H3,(H,78,79)(H,80,81)/t66-,67-,68-/m1/s1. The second-order valence-electron chi connectivity index (χ2n) is 27.9. The molecule has 0 aromatic heterocycles. The Morgan fingerprint density at radius 1 is 0.275 bits per heavy atom. The number of esters is 4. The zero-order valence-corrected chi connectivity index (χ0v) is 61.3. The van der Waals surface area contributed by atoms with Gasteiger partial charge in [0.2, 0.25) is 0 Å². The molecule has 0 aliphatic heterocycles. The highest BCUT2D eigenvalue weighted by molar-refractivity contribution is 7.47. The highest BCUT2D eigenvalue weighted by atomic mass is 31.2. The molecule has 0 aliphatic rings. The molecule has 91 heavy (non-hydrogen) atoms. The van der Waals surface area contributed by atoms with Crippen LogP contribution in [0.25, 0.3) is 0 Å². The summed E-state index contributed by atoms with van der Waals surface area (Å²) in [6.45, 7) is 14.1. The molecule has 2 unspecified atom stereocenters. The Morgan fingerprint density at radius 3 is 0.681 bits per heavy atom. The van der Waals surface area contributed by atoms with Crippen LogP contribution in [0, 0.1) is 23.7 Å². The zero-order chi connectivity index (χ0) is 67.5. The molecule has 0 saturated heterocycles. The molecule has 0 aromatic rings. The van der Waals surface area contributed by atoms with Crippen LogP contribution in [0.2, 0.25) is 0 Å². The quantitative estimate of drug-likeness (QED) is 0.0222. The second-order valence-corrected chi connectivity index (χ2v) is 30.8. The molecular weight excluding hydrogens is 1200 g/mol. The summed E-state index contributed by atoms with van der Waals surface area (Å²) in [5.41, 5.74) is 0. The maximum absolute atomic E-state index is 13.0. The van der Waals surface area contributed by atoms with E-state index in [2.05, 4.69) is 55.4 Å². The van der Waals surface area contributed by atoms with Crippen molar-refractivity contribution in [2.45, 2.75) is 375 Å². The van der Waals surface area contributed by atoms with Crippen molar-refractivity contribution in [3.63, 3.8) is 0 Å². The van der Waals surface area contributed by atoms with Crippen molar-refractivity contribution in [1.29, 1.82) is 0 Å². The van der Waals surface area contributed by atoms with Gasteiger partial charge in [0.15, 0.2) is 12.2 Å². The summed E-state index contributed by atoms with van der Waals surface area (Å²) in [4.78, 5) is 72.6. The molecule has 0 spiro atoms. The van der Waals surface area contributed by atoms with E-state index in [1.807, 2.05) is 0 Å². The number of carbonyl (C=O) groups excluding carboxylic acids is 4. The van der Waals surface area contributed by atoms with Crippen LogP contribution >= 0.6 is 15.6 Å². The Morgan fingerprint density at radius 2 is 0.462 bits per heavy atom. The minimum atomic E-state index is -4.95. The van der Waals surface area contributed by atoms with Crippen molar-refractivity contribution in [3.8, 4) is 0 Å². The number of phosphoric ester groups is 2. The van der Waals surface area contributed by atoms with E-state index in [0.29, 0.717) is 31.6 Å². The van der Waals surface area contributed by atoms with Gasteiger partial charge in [0.25, 0.3) is 0 Å². The third-order valence-electron chi connectivity index (χ3n) is 16.6. The smallest absolute Gasteiger partial charge is 0.462 e. The normalized spacial score (nSPS) is 14.2. The molecule has 0 heterocycles. The van der Waals surface area contributed by atoms with Crippen LogP contribution in [0.4, 0.5) is 0 Å². The lowest BCUT2D eigenvalue weighted by molar-refractivity contribution is -0.161. The molecule has 5 atom stereocenters. The van der Waals surface area contributed by atoms with Gasteiger partial charge in [0.1, 0.15) is 19.3 Å². The third-order valence-corrected chi connectivity index (χ3v) is 18.5. The number of hydrogen-bond donors (Lipinski definition) is 3. The Labute approximate surface area is 556 Å². The Hall–Kier alpha value is -1.94. The first kappa shape index (κ1) is 89.1. The lowest BCUT2D eigenvalue weighted by atomic mass is 10.0. The molecule has 0 aliphatic carbocycles. The highest BCUT2D eigenvalue weighted by Crippen LogP contribution is 2.45. The van der Waals surface area contributed by atoms with E-state index in [9.17, 15) is 43.2 Å². The predicted octanol–water partition coefficient (Wildman–Crippen LogP) is 20.5. The highest BCUT2D eigenvalue weighted by Gasteiger charge is 2.30. The van der Waals surface area contributed by atoms with Gasteiger partial charge in [-0.25, -0.2) is 9.13 Å². The molecule has 0 amide bonds. The van der Waals surface area contributed by atoms with E-state index < -0.39 is 97.5 Å². The minimum Gasteiger partial charge on any atom is -0.462 e. The molecule has 0 saturated carbocycles. The van der Waals surface area contributed by atoms with Gasteiger partial charge in [-0.2, -0.15) is 0 Å². The summed E-state index contributed by atoms with van der Waals surface area (Å²) in [5.74, 6) is 0.847. The van der Waals surface area contributed by atoms with Gasteiger partial charge < -0.3 is 33.8 Å². The van der Waals surface area contributed by atoms with Gasteiger partial charge in [0, 0.05) is 25.7 Å². The van der Waals surface area contributed by atoms with Crippen molar-refractivity contribution < 1.29 is 80.2 Å². The number of hydrogen-bond acceptors (Lipinski definition) is 15. The van der Waals surface area contributed by atoms with Crippen LogP contribution < -0.4 is 0 Å². The Kier molecular flexibility index (Phi) is 60.3. The Bertz CT molecular complexity index is 1800. The molecule has 0 bridgehead atoms. The first-order valence-electron chi connectivity index (χ1n) is 37.2. The second kappa shape index (κ2) is 61.6. The fraction of sp³-hybridized carbons (Fsp3) is 0.944. The average molecular weight is 1340 g/mol. The lowest BCUT2D eigenvalue weighted by Crippen LogP contribution is -2.30. The summed E-state index contributed by atoms with van der Waals surface area (Å²) >= 11 is 0. The number of rotatable bonds is 69. The number of aliphatic hydroxyl groups is 1. The predicted molar refractivity (Wildman–Crippen MR) is 367 cm³/mol. The van der Waals surface area contributed by atoms with Crippen molar-refractivity contribution in [1.82, 2.24) is 0 Å². The van der Waals surface area contributed by atoms with Crippen molar-refractivity contribution in [2.24, 2.45) is 23.7 Å². The summed E-state index contributed by atoms with van der Waals surface area (Å²) in [7, 11) is -9.91. The fourth-order valence-corrected chi connectivity index (χ4v) is 12.4. The monoisotopic (exact) mass is 1340 g/mol. The number of carbonyl (C=O) groups is 4. The minimum absolute atomic E-state index is 0.105. The molecule has 0 fully saturated rings. The zero-order valence-electron chi connectivity index (χ0n) is 59.5. The molecule has 3 N–H and O–H groups in total. The van der Waals surface area contributed by atoms with Crippen LogP contribution in [0.3, 0.4) is 0 Å². The fourth-order valence-electron chi connectivity index (χ4n) is 10.8. The molecule has 19 heteroatoms. The van der Waals surface area contributed by atoms with Gasteiger partial charge in [-0.05, 0) is 49.4 Å². The molecular formula is C72H140O17P2. The summed E-state index contributed by atoms with van der Waals surface area (Å²) in [6, 6.07) is 0. The SMILES string of the molecule is CC(C)CCCCCCCCCCCCCCCC(=O)O[C@H](COC(=O)CCCCCCCCCCCC(C)C)COP(=O)(O)OC[C@@H](O)COP(=O)(O)OC[C@@H](COC(=O)CCCCCCCCC(C)C)OC(=O)CCCCCCCCCCCCCC(C)C. The number of unbranched alkanes of at least 4 members (excludes halogenated alkanes) is 35. The molecule has 540 valence electrons. The average Bonchev–Trinajstić information content (AvgIpc) is 2.25. The largest absolute Gasteiger partial charge is 0.472 e. The molecule has 0 aromatic carbocycles. The third kappa shape index (κ3) is 66.5. The van der Waals surface area contributed by atoms with E-state index >= 15 is 0 Å². The van der Waals surface area contributed by atoms with Gasteiger partial charge in [-0.15, -0.1) is 0 Å². The van der Waals surface area contributed by atoms with Crippen LogP contribution in [0.1, 0.15) is 357 Å². The summed E-state index contributed by atoms with van der Waals surface area (Å²) in [5, 5.41) is 10.6. The van der Waals surface area contributed by atoms with Gasteiger partial charge in [-0.1, -0.05) is 306 Å². The van der Waals surface area contributed by atoms with E-state index in [4.69, 9.17) is 37.0 Å². The van der Waals surface area contributed by atoms with Gasteiger partial charge >= 0.3 is 39.5 Å². The molecule has 0 rings (SSSR count). The topological polar surface area (TPSA) is 237 Å². The summed E-state index contributed by atoms with van der Waals surface area (Å²) in [6.07, 6.45) is 44.5. The van der Waals surface area contributed by atoms with E-state index in [-0.39, 0.29) is 25.7 Å². The van der Waals surface area contributed by atoms with Crippen LogP contribution in [-0.2, 0) is 65.4 Å². The van der Waals surface area contributed by atoms with Crippen molar-refractivity contribution in [2.75, 3.05) is 39.6 Å². The molecule has 0 radical (unpaired) electrons. The first-order chi connectivity index (χ1) is 43.6. The maximum atomic E-state index is 13.0. The first-order valence-corrected chi connectivity index (χ1v) is 40.2. The van der Waals surface area contributed by atoms with Gasteiger partial charge in [-0.3, -0.25) is 37.3 Å². The van der Waals surface area contributed by atoms with E-state index in [1.165, 1.54) is 154 Å². The number of ether oxygens (including phenoxy) is 4. The number of aliphatic hydroxyl groups excluding tert-OH is 1. The maximum Gasteiger partial charge on any atom is 0.472 e. The van der Waals surface area contributed by atoms with Crippen LogP contribution in [0.15, 0.2) is 0 Å². The number of phosphoric acid groups is 2. The van der Waals surface area contributed by atoms with Gasteiger partial charge in [0.05, 0.1) is 26.4 Å². The van der Waals surface area contributed by atoms with E-state index in [1.54, 1.807) is 0 Å². The lowest BCUT2D eigenvalue weighted by Gasteiger charge is -2.21. The van der Waals surface area contributed by atoms with Crippen molar-refractivity contribution in [3.05, 3.63) is 0 Å². The Balaban J connectivity index is 5.24. The van der Waals surface area contributed by atoms with E-state index in [0.717, 1.165) is 114 Å². The van der Waals surface area contributed by atoms with Crippen LogP contribution in [0.5, 0.6) is 0 Å². The van der Waals surface area contributed by atoms with Crippen molar-refractivity contribution >= 4 is 39.5 Å². The molecule has 17 nitrogen and oxygen atoms in total.